The van der Waals surface area contributed by atoms with Crippen molar-refractivity contribution >= 4 is 10.0 Å². The van der Waals surface area contributed by atoms with E-state index in [0.717, 1.165) is 32.6 Å². The Morgan fingerprint density at radius 1 is 1.36 bits per heavy atom. The van der Waals surface area contributed by atoms with Crippen molar-refractivity contribution in [1.29, 1.82) is 0 Å². The van der Waals surface area contributed by atoms with Crippen molar-refractivity contribution in [3.63, 3.8) is 0 Å². The lowest BCUT2D eigenvalue weighted by atomic mass is 9.75. The van der Waals surface area contributed by atoms with Crippen LogP contribution in [0.2, 0.25) is 0 Å². The zero-order chi connectivity index (χ0) is 17.9. The number of rotatable bonds is 8. The van der Waals surface area contributed by atoms with Gasteiger partial charge in [-0.1, -0.05) is 24.3 Å². The summed E-state index contributed by atoms with van der Waals surface area (Å²) in [6, 6.07) is 8.94. The minimum atomic E-state index is -3.41. The van der Waals surface area contributed by atoms with Crippen LogP contribution in [-0.4, -0.2) is 64.0 Å². The smallest absolute Gasteiger partial charge is 0.240 e. The van der Waals surface area contributed by atoms with Crippen molar-refractivity contribution in [2.24, 2.45) is 11.8 Å². The number of likely N-dealkylation sites (N-methyl/N-ethyl adjacent to an activating group) is 1. The molecule has 5 nitrogen and oxygen atoms in total. The SMILES string of the molecule is C=CCN(C)C[C@H]1CN2CC[C@H]1C[C@@H]2CNS(=O)(=O)c1ccccc1. The van der Waals surface area contributed by atoms with Crippen LogP contribution in [0.3, 0.4) is 0 Å². The predicted molar refractivity (Wildman–Crippen MR) is 101 cm³/mol. The molecule has 0 amide bonds. The summed E-state index contributed by atoms with van der Waals surface area (Å²) in [5, 5.41) is 0. The number of piperidine rings is 3. The van der Waals surface area contributed by atoms with Gasteiger partial charge in [0, 0.05) is 32.2 Å². The zero-order valence-electron chi connectivity index (χ0n) is 15.0. The summed E-state index contributed by atoms with van der Waals surface area (Å²) in [6.45, 7) is 8.49. The topological polar surface area (TPSA) is 52.6 Å². The molecule has 0 aliphatic carbocycles. The number of benzene rings is 1. The Morgan fingerprint density at radius 3 is 2.76 bits per heavy atom. The van der Waals surface area contributed by atoms with Crippen LogP contribution in [0.1, 0.15) is 12.8 Å². The van der Waals surface area contributed by atoms with E-state index in [4.69, 9.17) is 0 Å². The van der Waals surface area contributed by atoms with Crippen molar-refractivity contribution in [2.45, 2.75) is 23.8 Å². The lowest BCUT2D eigenvalue weighted by Crippen LogP contribution is -2.58. The third-order valence-corrected chi connectivity index (χ3v) is 7.00. The van der Waals surface area contributed by atoms with Crippen molar-refractivity contribution in [1.82, 2.24) is 14.5 Å². The molecule has 0 aromatic heterocycles. The highest BCUT2D eigenvalue weighted by Gasteiger charge is 2.40. The van der Waals surface area contributed by atoms with E-state index < -0.39 is 10.0 Å². The largest absolute Gasteiger partial charge is 0.302 e. The number of hydrogen-bond donors (Lipinski definition) is 1. The molecule has 138 valence electrons. The molecule has 3 heterocycles. The Kier molecular flexibility index (Phi) is 5.94. The van der Waals surface area contributed by atoms with Gasteiger partial charge in [-0.15, -0.1) is 6.58 Å². The molecule has 3 fully saturated rings. The highest BCUT2D eigenvalue weighted by Crippen LogP contribution is 2.36. The molecular weight excluding hydrogens is 334 g/mol. The number of nitrogens with one attached hydrogen (secondary N) is 1. The van der Waals surface area contributed by atoms with Gasteiger partial charge in [-0.25, -0.2) is 13.1 Å². The number of fused-ring (bicyclic) bond motifs is 3. The molecule has 1 N–H and O–H groups in total. The molecule has 1 unspecified atom stereocenters. The Morgan fingerprint density at radius 2 is 2.12 bits per heavy atom. The molecule has 25 heavy (non-hydrogen) atoms. The fraction of sp³-hybridized carbons (Fsp3) is 0.579. The molecule has 0 spiro atoms. The van der Waals surface area contributed by atoms with Crippen LogP contribution in [0.25, 0.3) is 0 Å². The van der Waals surface area contributed by atoms with E-state index in [1.165, 1.54) is 6.42 Å². The van der Waals surface area contributed by atoms with E-state index in [1.54, 1.807) is 24.3 Å². The van der Waals surface area contributed by atoms with Crippen molar-refractivity contribution in [2.75, 3.05) is 39.8 Å². The highest BCUT2D eigenvalue weighted by atomic mass is 32.2. The normalized spacial score (nSPS) is 29.0. The molecular formula is C19H29N3O2S. The second-order valence-electron chi connectivity index (χ2n) is 7.37. The molecule has 2 bridgehead atoms. The Bertz CT molecular complexity index is 677. The van der Waals surface area contributed by atoms with Crippen LogP contribution < -0.4 is 4.72 Å². The average Bonchev–Trinajstić information content (AvgIpc) is 2.62. The summed E-state index contributed by atoms with van der Waals surface area (Å²) in [5.41, 5.74) is 0. The number of nitrogens with zero attached hydrogens (tertiary/aromatic N) is 2. The lowest BCUT2D eigenvalue weighted by molar-refractivity contribution is -0.00640. The monoisotopic (exact) mass is 363 g/mol. The zero-order valence-corrected chi connectivity index (χ0v) is 15.8. The van der Waals surface area contributed by atoms with Gasteiger partial charge in [-0.3, -0.25) is 4.90 Å². The standard InChI is InChI=1S/C19H29N3O2S/c1-3-10-21(2)14-17-15-22-11-9-16(17)12-18(22)13-20-25(23,24)19-7-5-4-6-8-19/h3-8,16-18,20H,1,9-15H2,2H3/t16-,17-,18+/m0/s1. The first-order chi connectivity index (χ1) is 12.0. The van der Waals surface area contributed by atoms with Gasteiger partial charge in [0.2, 0.25) is 10.0 Å². The molecule has 1 aromatic rings. The number of sulfonamides is 1. The van der Waals surface area contributed by atoms with Gasteiger partial charge in [0.05, 0.1) is 4.90 Å². The number of hydrogen-bond acceptors (Lipinski definition) is 4. The lowest BCUT2D eigenvalue weighted by Gasteiger charge is -2.50. The first kappa shape index (κ1) is 18.6. The summed E-state index contributed by atoms with van der Waals surface area (Å²) >= 11 is 0. The van der Waals surface area contributed by atoms with Gasteiger partial charge < -0.3 is 4.90 Å². The van der Waals surface area contributed by atoms with Gasteiger partial charge in [0.15, 0.2) is 0 Å². The van der Waals surface area contributed by atoms with Gasteiger partial charge in [-0.05, 0) is 50.4 Å². The molecule has 0 radical (unpaired) electrons. The molecule has 3 saturated heterocycles. The Balaban J connectivity index is 1.55. The van der Waals surface area contributed by atoms with Crippen molar-refractivity contribution in [3.05, 3.63) is 43.0 Å². The molecule has 3 aliphatic heterocycles. The quantitative estimate of drug-likeness (QED) is 0.716. The third-order valence-electron chi connectivity index (χ3n) is 5.56. The second-order valence-corrected chi connectivity index (χ2v) is 9.14. The van der Waals surface area contributed by atoms with Crippen LogP contribution >= 0.6 is 0 Å². The van der Waals surface area contributed by atoms with Gasteiger partial charge >= 0.3 is 0 Å². The van der Waals surface area contributed by atoms with E-state index in [1.807, 2.05) is 12.1 Å². The van der Waals surface area contributed by atoms with Crippen LogP contribution in [0.15, 0.2) is 47.9 Å². The van der Waals surface area contributed by atoms with E-state index in [-0.39, 0.29) is 0 Å². The first-order valence-corrected chi connectivity index (χ1v) is 10.6. The van der Waals surface area contributed by atoms with Crippen LogP contribution in [0.5, 0.6) is 0 Å². The van der Waals surface area contributed by atoms with E-state index in [2.05, 4.69) is 28.1 Å². The minimum absolute atomic E-state index is 0.318. The van der Waals surface area contributed by atoms with Crippen LogP contribution in [-0.2, 0) is 10.0 Å². The van der Waals surface area contributed by atoms with Gasteiger partial charge in [-0.2, -0.15) is 0 Å². The van der Waals surface area contributed by atoms with Crippen molar-refractivity contribution < 1.29 is 8.42 Å². The molecule has 4 rings (SSSR count). The molecule has 3 aliphatic rings. The maximum atomic E-state index is 12.4. The van der Waals surface area contributed by atoms with E-state index in [9.17, 15) is 8.42 Å². The van der Waals surface area contributed by atoms with Gasteiger partial charge in [0.25, 0.3) is 0 Å². The van der Waals surface area contributed by atoms with E-state index >= 15 is 0 Å². The minimum Gasteiger partial charge on any atom is -0.302 e. The molecule has 6 heteroatoms. The summed E-state index contributed by atoms with van der Waals surface area (Å²) in [4.78, 5) is 5.14. The summed E-state index contributed by atoms with van der Waals surface area (Å²) in [5.74, 6) is 1.38. The molecule has 1 aromatic carbocycles. The molecule has 0 saturated carbocycles. The van der Waals surface area contributed by atoms with E-state index in [0.29, 0.717) is 29.3 Å². The van der Waals surface area contributed by atoms with Crippen LogP contribution in [0.4, 0.5) is 0 Å². The summed E-state index contributed by atoms with van der Waals surface area (Å²) in [7, 11) is -1.27. The Labute approximate surface area is 151 Å². The van der Waals surface area contributed by atoms with Crippen molar-refractivity contribution in [3.8, 4) is 0 Å². The highest BCUT2D eigenvalue weighted by molar-refractivity contribution is 7.89. The fourth-order valence-corrected chi connectivity index (χ4v) is 5.35. The summed E-state index contributed by atoms with van der Waals surface area (Å²) < 4.78 is 27.6. The first-order valence-electron chi connectivity index (χ1n) is 9.08. The molecule has 4 atom stereocenters. The van der Waals surface area contributed by atoms with Gasteiger partial charge in [0.1, 0.15) is 0 Å². The fourth-order valence-electron chi connectivity index (χ4n) is 4.25. The second kappa shape index (κ2) is 7.99. The Hall–Kier alpha value is -1.21. The third kappa shape index (κ3) is 4.50. The predicted octanol–water partition coefficient (Wildman–Crippen LogP) is 1.79. The summed E-state index contributed by atoms with van der Waals surface area (Å²) in [6.07, 6.45) is 4.26. The maximum absolute atomic E-state index is 12.4. The van der Waals surface area contributed by atoms with Crippen LogP contribution in [0, 0.1) is 11.8 Å². The average molecular weight is 364 g/mol. The maximum Gasteiger partial charge on any atom is 0.240 e.